The average molecular weight is 454 g/mol. The zero-order valence-electron chi connectivity index (χ0n) is 17.4. The standard InChI is InChI=1S/C23H20ClN3O5/c1-14-11-21-26-23(28)16(22(25)27(21)32-14)12-15-7-8-19(20(13-15)29-2)31-10-9-30-18-6-4-3-5-17(18)24/h3-8,11-13,25H,9-10H2,1-2H3/b16-12-,25-22?. The number of nitrogens with zero attached hydrogens (tertiary/aromatic N) is 2. The Morgan fingerprint density at radius 2 is 1.88 bits per heavy atom. The summed E-state index contributed by atoms with van der Waals surface area (Å²) in [5.74, 6) is 1.86. The highest BCUT2D eigenvalue weighted by Gasteiger charge is 2.34. The van der Waals surface area contributed by atoms with Crippen LogP contribution in [0.25, 0.3) is 6.08 Å². The minimum atomic E-state index is -0.508. The number of rotatable bonds is 7. The van der Waals surface area contributed by atoms with E-state index in [4.69, 9.17) is 36.1 Å². The Balaban J connectivity index is 1.44. The fourth-order valence-corrected chi connectivity index (χ4v) is 3.32. The minimum Gasteiger partial charge on any atom is -0.493 e. The summed E-state index contributed by atoms with van der Waals surface area (Å²) < 4.78 is 16.8. The Kier molecular flexibility index (Phi) is 6.13. The first kappa shape index (κ1) is 21.5. The number of amidine groups is 2. The van der Waals surface area contributed by atoms with Crippen LogP contribution in [-0.2, 0) is 9.63 Å². The van der Waals surface area contributed by atoms with Gasteiger partial charge in [0.2, 0.25) is 0 Å². The number of benzene rings is 2. The van der Waals surface area contributed by atoms with E-state index in [1.807, 2.05) is 12.1 Å². The van der Waals surface area contributed by atoms with Crippen molar-refractivity contribution < 1.29 is 23.8 Å². The SMILES string of the molecule is COc1cc(/C=C2/C(=N)N3OC(C)=CC3=NC2=O)ccc1OCCOc1ccccc1Cl. The average Bonchev–Trinajstić information content (AvgIpc) is 3.16. The van der Waals surface area contributed by atoms with E-state index in [1.54, 1.807) is 49.4 Å². The first-order valence-electron chi connectivity index (χ1n) is 9.74. The molecule has 32 heavy (non-hydrogen) atoms. The highest BCUT2D eigenvalue weighted by molar-refractivity contribution is 6.32. The number of aliphatic imine (C=N–C) groups is 1. The number of carbonyl (C=O) groups excluding carboxylic acids is 1. The molecule has 2 aliphatic rings. The number of para-hydroxylation sites is 1. The minimum absolute atomic E-state index is 0.0795. The molecule has 0 atom stereocenters. The van der Waals surface area contributed by atoms with Gasteiger partial charge in [0.15, 0.2) is 23.2 Å². The van der Waals surface area contributed by atoms with Crippen molar-refractivity contribution in [2.24, 2.45) is 4.99 Å². The molecule has 0 unspecified atom stereocenters. The predicted octanol–water partition coefficient (Wildman–Crippen LogP) is 4.26. The van der Waals surface area contributed by atoms with Crippen molar-refractivity contribution in [1.29, 1.82) is 5.41 Å². The van der Waals surface area contributed by atoms with E-state index in [1.165, 1.54) is 12.2 Å². The quantitative estimate of drug-likeness (QED) is 0.497. The molecule has 2 aliphatic heterocycles. The summed E-state index contributed by atoms with van der Waals surface area (Å²) in [6.07, 6.45) is 3.17. The van der Waals surface area contributed by atoms with Gasteiger partial charge in [-0.3, -0.25) is 10.2 Å². The van der Waals surface area contributed by atoms with Gasteiger partial charge in [0, 0.05) is 6.08 Å². The van der Waals surface area contributed by atoms with Gasteiger partial charge in [0.05, 0.1) is 17.7 Å². The van der Waals surface area contributed by atoms with E-state index in [-0.39, 0.29) is 18.0 Å². The van der Waals surface area contributed by atoms with Gasteiger partial charge in [-0.05, 0) is 42.8 Å². The van der Waals surface area contributed by atoms with Gasteiger partial charge in [0.1, 0.15) is 24.7 Å². The molecule has 1 amide bonds. The molecule has 0 radical (unpaired) electrons. The zero-order chi connectivity index (χ0) is 22.7. The smallest absolute Gasteiger partial charge is 0.282 e. The number of halogens is 1. The van der Waals surface area contributed by atoms with Gasteiger partial charge < -0.3 is 19.0 Å². The van der Waals surface area contributed by atoms with Crippen LogP contribution in [0.15, 0.2) is 64.9 Å². The third-order valence-corrected chi connectivity index (χ3v) is 4.93. The molecule has 2 heterocycles. The first-order valence-corrected chi connectivity index (χ1v) is 10.1. The molecular weight excluding hydrogens is 434 g/mol. The van der Waals surface area contributed by atoms with Crippen LogP contribution in [0, 0.1) is 5.41 Å². The highest BCUT2D eigenvalue weighted by atomic mass is 35.5. The molecular formula is C23H20ClN3O5. The van der Waals surface area contributed by atoms with Crippen LogP contribution in [0.1, 0.15) is 12.5 Å². The topological polar surface area (TPSA) is 93.4 Å². The zero-order valence-corrected chi connectivity index (χ0v) is 18.2. The second-order valence-electron chi connectivity index (χ2n) is 6.86. The molecule has 4 rings (SSSR count). The molecule has 2 aromatic carbocycles. The maximum absolute atomic E-state index is 12.4. The van der Waals surface area contributed by atoms with Crippen molar-refractivity contribution in [3.05, 3.63) is 70.5 Å². The van der Waals surface area contributed by atoms with Crippen molar-refractivity contribution in [2.45, 2.75) is 6.92 Å². The number of amides is 1. The molecule has 0 aliphatic carbocycles. The predicted molar refractivity (Wildman–Crippen MR) is 120 cm³/mol. The van der Waals surface area contributed by atoms with Crippen molar-refractivity contribution in [3.8, 4) is 17.2 Å². The van der Waals surface area contributed by atoms with Crippen molar-refractivity contribution >= 4 is 35.3 Å². The fourth-order valence-electron chi connectivity index (χ4n) is 3.13. The number of methoxy groups -OCH3 is 1. The van der Waals surface area contributed by atoms with Gasteiger partial charge in [-0.25, -0.2) is 0 Å². The van der Waals surface area contributed by atoms with Crippen LogP contribution in [0.2, 0.25) is 5.02 Å². The van der Waals surface area contributed by atoms with Crippen LogP contribution in [0.3, 0.4) is 0 Å². The number of hydrogen-bond acceptors (Lipinski definition) is 6. The van der Waals surface area contributed by atoms with Gasteiger partial charge >= 0.3 is 0 Å². The van der Waals surface area contributed by atoms with Crippen LogP contribution in [0.5, 0.6) is 17.2 Å². The molecule has 1 N–H and O–H groups in total. The van der Waals surface area contributed by atoms with Gasteiger partial charge in [-0.2, -0.15) is 4.99 Å². The van der Waals surface area contributed by atoms with Crippen LogP contribution in [-0.4, -0.2) is 43.0 Å². The van der Waals surface area contributed by atoms with Crippen molar-refractivity contribution in [3.63, 3.8) is 0 Å². The lowest BCUT2D eigenvalue weighted by Crippen LogP contribution is -2.38. The van der Waals surface area contributed by atoms with E-state index in [0.717, 1.165) is 0 Å². The first-order chi connectivity index (χ1) is 15.5. The molecule has 9 heteroatoms. The van der Waals surface area contributed by atoms with Crippen molar-refractivity contribution in [1.82, 2.24) is 5.06 Å². The second-order valence-corrected chi connectivity index (χ2v) is 7.27. The summed E-state index contributed by atoms with van der Waals surface area (Å²) in [4.78, 5) is 21.8. The van der Waals surface area contributed by atoms with Gasteiger partial charge in [0.25, 0.3) is 5.91 Å². The second kappa shape index (κ2) is 9.15. The van der Waals surface area contributed by atoms with E-state index in [0.29, 0.717) is 46.0 Å². The summed E-state index contributed by atoms with van der Waals surface area (Å²) in [6, 6.07) is 12.4. The summed E-state index contributed by atoms with van der Waals surface area (Å²) in [6.45, 7) is 2.31. The van der Waals surface area contributed by atoms with E-state index >= 15 is 0 Å². The third kappa shape index (κ3) is 4.45. The summed E-state index contributed by atoms with van der Waals surface area (Å²) in [5, 5.41) is 10.1. The molecule has 0 saturated heterocycles. The highest BCUT2D eigenvalue weighted by Crippen LogP contribution is 2.30. The molecule has 2 aromatic rings. The lowest BCUT2D eigenvalue weighted by Gasteiger charge is -2.23. The summed E-state index contributed by atoms with van der Waals surface area (Å²) in [7, 11) is 1.52. The summed E-state index contributed by atoms with van der Waals surface area (Å²) in [5.41, 5.74) is 0.762. The Morgan fingerprint density at radius 1 is 1.12 bits per heavy atom. The van der Waals surface area contributed by atoms with Crippen LogP contribution >= 0.6 is 11.6 Å². The maximum Gasteiger partial charge on any atom is 0.282 e. The summed E-state index contributed by atoms with van der Waals surface area (Å²) >= 11 is 6.07. The maximum atomic E-state index is 12.4. The molecule has 0 aromatic heterocycles. The van der Waals surface area contributed by atoms with Gasteiger partial charge in [-0.1, -0.05) is 29.8 Å². The fraction of sp³-hybridized carbons (Fsp3) is 0.174. The molecule has 0 saturated carbocycles. The van der Waals surface area contributed by atoms with Crippen LogP contribution in [0.4, 0.5) is 0 Å². The number of hydrogen-bond donors (Lipinski definition) is 1. The number of hydroxylamine groups is 2. The Labute approximate surface area is 189 Å². The Hall–Kier alpha value is -3.78. The normalized spacial score (nSPS) is 16.3. The number of nitrogens with one attached hydrogen (secondary N) is 1. The molecule has 8 nitrogen and oxygen atoms in total. The number of fused-ring (bicyclic) bond motifs is 1. The lowest BCUT2D eigenvalue weighted by atomic mass is 10.1. The largest absolute Gasteiger partial charge is 0.493 e. The van der Waals surface area contributed by atoms with E-state index < -0.39 is 5.91 Å². The molecule has 0 bridgehead atoms. The lowest BCUT2D eigenvalue weighted by molar-refractivity contribution is -0.114. The van der Waals surface area contributed by atoms with E-state index in [2.05, 4.69) is 4.99 Å². The molecule has 0 spiro atoms. The molecule has 164 valence electrons. The molecule has 0 fully saturated rings. The number of allylic oxidation sites excluding steroid dienone is 1. The third-order valence-electron chi connectivity index (χ3n) is 4.61. The Bertz CT molecular complexity index is 1170. The van der Waals surface area contributed by atoms with Gasteiger partial charge in [-0.15, -0.1) is 5.06 Å². The monoisotopic (exact) mass is 453 g/mol. The van der Waals surface area contributed by atoms with Crippen molar-refractivity contribution in [2.75, 3.05) is 20.3 Å². The van der Waals surface area contributed by atoms with E-state index in [9.17, 15) is 4.79 Å². The van der Waals surface area contributed by atoms with Crippen LogP contribution < -0.4 is 14.2 Å². The number of carbonyl (C=O) groups is 1. The number of ether oxygens (including phenoxy) is 3. The Morgan fingerprint density at radius 3 is 2.62 bits per heavy atom.